The van der Waals surface area contributed by atoms with Gasteiger partial charge in [-0.25, -0.2) is 9.67 Å². The molecule has 3 rings (SSSR count). The second kappa shape index (κ2) is 6.37. The highest BCUT2D eigenvalue weighted by Gasteiger charge is 2.42. The lowest BCUT2D eigenvalue weighted by molar-refractivity contribution is 0.257. The minimum absolute atomic E-state index is 0.349. The van der Waals surface area contributed by atoms with Gasteiger partial charge >= 0.3 is 0 Å². The Balaban J connectivity index is 2.38. The lowest BCUT2D eigenvalue weighted by Gasteiger charge is -2.41. The van der Waals surface area contributed by atoms with Crippen molar-refractivity contribution in [1.82, 2.24) is 14.8 Å². The fourth-order valence-corrected chi connectivity index (χ4v) is 3.57. The number of benzene rings is 2. The molecule has 0 spiro atoms. The summed E-state index contributed by atoms with van der Waals surface area (Å²) in [5.74, 6) is 0.368. The molecule has 0 bridgehead atoms. The first-order chi connectivity index (χ1) is 11.2. The van der Waals surface area contributed by atoms with Crippen molar-refractivity contribution in [3.05, 3.63) is 83.9 Å². The highest BCUT2D eigenvalue weighted by atomic mass is 15.4. The largest absolute Gasteiger partial charge is 0.238 e. The Morgan fingerprint density at radius 1 is 1.04 bits per heavy atom. The number of aromatic nitrogens is 3. The Hall–Kier alpha value is -2.42. The molecule has 0 fully saturated rings. The topological polar surface area (TPSA) is 30.7 Å². The maximum absolute atomic E-state index is 4.56. The van der Waals surface area contributed by atoms with Crippen molar-refractivity contribution in [1.29, 1.82) is 0 Å². The van der Waals surface area contributed by atoms with Gasteiger partial charge in [0.05, 0.1) is 0 Å². The Labute approximate surface area is 138 Å². The molecule has 0 amide bonds. The monoisotopic (exact) mass is 305 g/mol. The second-order valence-electron chi connectivity index (χ2n) is 6.10. The highest BCUT2D eigenvalue weighted by Crippen LogP contribution is 2.42. The molecule has 118 valence electrons. The van der Waals surface area contributed by atoms with Crippen molar-refractivity contribution in [2.24, 2.45) is 5.92 Å². The standard InChI is InChI=1S/C20H23N3/c1-4-17(3)20(23-15-21-14-22-23,18-11-6-5-7-12-18)19-13-9-8-10-16(19)2/h5-15,17H,4H2,1-3H3. The normalized spacial score (nSPS) is 15.1. The molecule has 3 aromatic rings. The van der Waals surface area contributed by atoms with Crippen molar-refractivity contribution < 1.29 is 0 Å². The molecule has 0 aliphatic rings. The molecule has 1 heterocycles. The predicted octanol–water partition coefficient (Wildman–Crippen LogP) is 4.42. The molecule has 0 saturated heterocycles. The number of rotatable bonds is 5. The molecular weight excluding hydrogens is 282 g/mol. The maximum Gasteiger partial charge on any atom is 0.137 e. The molecule has 3 heteroatoms. The molecule has 2 unspecified atom stereocenters. The average Bonchev–Trinajstić information content (AvgIpc) is 3.12. The van der Waals surface area contributed by atoms with E-state index >= 15 is 0 Å². The number of hydrogen-bond acceptors (Lipinski definition) is 2. The van der Waals surface area contributed by atoms with Gasteiger partial charge in [0, 0.05) is 0 Å². The van der Waals surface area contributed by atoms with Crippen LogP contribution in [0, 0.1) is 12.8 Å². The molecular formula is C20H23N3. The third-order valence-corrected chi connectivity index (χ3v) is 4.88. The summed E-state index contributed by atoms with van der Waals surface area (Å²) < 4.78 is 2.03. The van der Waals surface area contributed by atoms with Crippen LogP contribution in [0.3, 0.4) is 0 Å². The summed E-state index contributed by atoms with van der Waals surface area (Å²) in [6, 6.07) is 19.2. The van der Waals surface area contributed by atoms with E-state index in [-0.39, 0.29) is 5.54 Å². The fourth-order valence-electron chi connectivity index (χ4n) is 3.57. The van der Waals surface area contributed by atoms with Crippen LogP contribution in [0.5, 0.6) is 0 Å². The van der Waals surface area contributed by atoms with Gasteiger partial charge in [-0.1, -0.05) is 74.9 Å². The van der Waals surface area contributed by atoms with E-state index in [4.69, 9.17) is 0 Å². The van der Waals surface area contributed by atoms with Crippen molar-refractivity contribution >= 4 is 0 Å². The van der Waals surface area contributed by atoms with Gasteiger partial charge in [0.25, 0.3) is 0 Å². The van der Waals surface area contributed by atoms with E-state index in [0.717, 1.165) is 6.42 Å². The first-order valence-corrected chi connectivity index (χ1v) is 8.18. The summed E-state index contributed by atoms with van der Waals surface area (Å²) >= 11 is 0. The van der Waals surface area contributed by atoms with Crippen LogP contribution >= 0.6 is 0 Å². The third kappa shape index (κ3) is 2.46. The summed E-state index contributed by atoms with van der Waals surface area (Å²) in [6.07, 6.45) is 4.51. The minimum atomic E-state index is -0.349. The van der Waals surface area contributed by atoms with E-state index in [2.05, 4.69) is 85.5 Å². The zero-order chi connectivity index (χ0) is 16.3. The summed E-state index contributed by atoms with van der Waals surface area (Å²) in [7, 11) is 0. The molecule has 0 aliphatic carbocycles. The zero-order valence-electron chi connectivity index (χ0n) is 14.0. The highest BCUT2D eigenvalue weighted by molar-refractivity contribution is 5.44. The summed E-state index contributed by atoms with van der Waals surface area (Å²) in [4.78, 5) is 4.24. The van der Waals surface area contributed by atoms with Gasteiger partial charge in [0.2, 0.25) is 0 Å². The Morgan fingerprint density at radius 3 is 2.35 bits per heavy atom. The number of aryl methyl sites for hydroxylation is 1. The predicted molar refractivity (Wildman–Crippen MR) is 93.3 cm³/mol. The molecule has 2 aromatic carbocycles. The molecule has 0 saturated carbocycles. The van der Waals surface area contributed by atoms with E-state index in [1.165, 1.54) is 16.7 Å². The quantitative estimate of drug-likeness (QED) is 0.698. The summed E-state index contributed by atoms with van der Waals surface area (Å²) in [5.41, 5.74) is 3.45. The van der Waals surface area contributed by atoms with E-state index in [1.807, 2.05) is 11.0 Å². The van der Waals surface area contributed by atoms with Crippen LogP contribution in [-0.4, -0.2) is 14.8 Å². The van der Waals surface area contributed by atoms with Gasteiger partial charge in [-0.15, -0.1) is 0 Å². The van der Waals surface area contributed by atoms with Gasteiger partial charge in [0.15, 0.2) is 0 Å². The van der Waals surface area contributed by atoms with Gasteiger partial charge in [-0.3, -0.25) is 0 Å². The minimum Gasteiger partial charge on any atom is -0.238 e. The van der Waals surface area contributed by atoms with Gasteiger partial charge in [-0.2, -0.15) is 5.10 Å². The molecule has 1 aromatic heterocycles. The Bertz CT molecular complexity index is 750. The van der Waals surface area contributed by atoms with E-state index in [9.17, 15) is 0 Å². The summed E-state index contributed by atoms with van der Waals surface area (Å²) in [6.45, 7) is 6.70. The van der Waals surface area contributed by atoms with E-state index in [0.29, 0.717) is 5.92 Å². The lowest BCUT2D eigenvalue weighted by Crippen LogP contribution is -2.43. The van der Waals surface area contributed by atoms with Crippen molar-refractivity contribution in [2.45, 2.75) is 32.7 Å². The lowest BCUT2D eigenvalue weighted by atomic mass is 9.71. The SMILES string of the molecule is CCC(C)C(c1ccccc1)(c1ccccc1C)n1cncn1. The maximum atomic E-state index is 4.56. The van der Waals surface area contributed by atoms with E-state index in [1.54, 1.807) is 6.33 Å². The van der Waals surface area contributed by atoms with Gasteiger partial charge in [-0.05, 0) is 29.5 Å². The zero-order valence-corrected chi connectivity index (χ0v) is 14.0. The smallest absolute Gasteiger partial charge is 0.137 e. The molecule has 0 radical (unpaired) electrons. The van der Waals surface area contributed by atoms with Crippen LogP contribution in [0.15, 0.2) is 67.3 Å². The second-order valence-corrected chi connectivity index (χ2v) is 6.10. The number of nitrogens with zero attached hydrogens (tertiary/aromatic N) is 3. The van der Waals surface area contributed by atoms with Crippen LogP contribution in [0.2, 0.25) is 0 Å². The average molecular weight is 305 g/mol. The Morgan fingerprint density at radius 2 is 1.74 bits per heavy atom. The number of hydrogen-bond donors (Lipinski definition) is 0. The van der Waals surface area contributed by atoms with Gasteiger partial charge < -0.3 is 0 Å². The van der Waals surface area contributed by atoms with Crippen LogP contribution in [-0.2, 0) is 5.54 Å². The molecule has 23 heavy (non-hydrogen) atoms. The van der Waals surface area contributed by atoms with Crippen LogP contribution in [0.1, 0.15) is 37.0 Å². The summed E-state index contributed by atoms with van der Waals surface area (Å²) in [5, 5.41) is 4.56. The fraction of sp³-hybridized carbons (Fsp3) is 0.300. The van der Waals surface area contributed by atoms with Crippen LogP contribution < -0.4 is 0 Å². The molecule has 3 nitrogen and oxygen atoms in total. The molecule has 0 N–H and O–H groups in total. The van der Waals surface area contributed by atoms with E-state index < -0.39 is 0 Å². The first kappa shape index (κ1) is 15.5. The Kier molecular flexibility index (Phi) is 4.28. The van der Waals surface area contributed by atoms with Crippen molar-refractivity contribution in [3.8, 4) is 0 Å². The molecule has 2 atom stereocenters. The van der Waals surface area contributed by atoms with Crippen LogP contribution in [0.25, 0.3) is 0 Å². The molecule has 0 aliphatic heterocycles. The van der Waals surface area contributed by atoms with Gasteiger partial charge in [0.1, 0.15) is 18.2 Å². The van der Waals surface area contributed by atoms with Crippen molar-refractivity contribution in [2.75, 3.05) is 0 Å². The van der Waals surface area contributed by atoms with Crippen molar-refractivity contribution in [3.63, 3.8) is 0 Å². The van der Waals surface area contributed by atoms with Crippen LogP contribution in [0.4, 0.5) is 0 Å². The first-order valence-electron chi connectivity index (χ1n) is 8.18. The third-order valence-electron chi connectivity index (χ3n) is 4.88.